The van der Waals surface area contributed by atoms with E-state index in [9.17, 15) is 4.79 Å². The summed E-state index contributed by atoms with van der Waals surface area (Å²) in [6.45, 7) is 8.97. The Balaban J connectivity index is 1.70. The minimum absolute atomic E-state index is 0.229. The Morgan fingerprint density at radius 3 is 2.18 bits per heavy atom. The van der Waals surface area contributed by atoms with Gasteiger partial charge in [-0.3, -0.25) is 0 Å². The summed E-state index contributed by atoms with van der Waals surface area (Å²) < 4.78 is 5.16. The summed E-state index contributed by atoms with van der Waals surface area (Å²) in [5.41, 5.74) is -0.527. The Morgan fingerprint density at radius 2 is 1.68 bits per heavy atom. The molecule has 2 aliphatic rings. The standard InChI is InChI=1S/C16H27N3O3/c1-16(2,3)21-15(20)22-19-10-6-14(7-11-19)18-8-4-13(12-17)5-9-18/h13-14H,4-11H2,1-3H3. The first-order valence-electron chi connectivity index (χ1n) is 8.17. The van der Waals surface area contributed by atoms with Crippen LogP contribution in [-0.2, 0) is 9.57 Å². The highest BCUT2D eigenvalue weighted by atomic mass is 16.8. The maximum atomic E-state index is 11.7. The summed E-state index contributed by atoms with van der Waals surface area (Å²) in [6, 6.07) is 2.91. The van der Waals surface area contributed by atoms with Crippen molar-refractivity contribution < 1.29 is 14.4 Å². The van der Waals surface area contributed by atoms with Gasteiger partial charge in [-0.15, -0.1) is 5.06 Å². The van der Waals surface area contributed by atoms with Crippen LogP contribution in [0.15, 0.2) is 0 Å². The van der Waals surface area contributed by atoms with Crippen molar-refractivity contribution in [2.45, 2.75) is 58.1 Å². The van der Waals surface area contributed by atoms with Crippen molar-refractivity contribution in [3.8, 4) is 6.07 Å². The van der Waals surface area contributed by atoms with Crippen molar-refractivity contribution in [3.63, 3.8) is 0 Å². The minimum atomic E-state index is -0.624. The zero-order valence-electron chi connectivity index (χ0n) is 13.9. The van der Waals surface area contributed by atoms with Crippen LogP contribution in [0.4, 0.5) is 4.79 Å². The third kappa shape index (κ3) is 5.15. The number of hydrogen-bond acceptors (Lipinski definition) is 6. The van der Waals surface area contributed by atoms with Gasteiger partial charge in [0.1, 0.15) is 5.60 Å². The number of piperidine rings is 2. The molecule has 2 saturated heterocycles. The summed E-state index contributed by atoms with van der Waals surface area (Å²) in [5.74, 6) is 0.229. The van der Waals surface area contributed by atoms with Crippen LogP contribution in [0.5, 0.6) is 0 Å². The topological polar surface area (TPSA) is 65.8 Å². The fourth-order valence-corrected chi connectivity index (χ4v) is 3.07. The first-order chi connectivity index (χ1) is 10.4. The summed E-state index contributed by atoms with van der Waals surface area (Å²) in [5, 5.41) is 10.7. The average molecular weight is 309 g/mol. The Morgan fingerprint density at radius 1 is 1.09 bits per heavy atom. The number of rotatable bonds is 2. The molecule has 2 fully saturated rings. The van der Waals surface area contributed by atoms with Crippen molar-refractivity contribution >= 4 is 6.16 Å². The Bertz CT molecular complexity index is 411. The number of likely N-dealkylation sites (tertiary alicyclic amines) is 1. The van der Waals surface area contributed by atoms with E-state index in [4.69, 9.17) is 14.8 Å². The highest BCUT2D eigenvalue weighted by molar-refractivity contribution is 5.60. The zero-order chi connectivity index (χ0) is 16.2. The van der Waals surface area contributed by atoms with E-state index in [0.29, 0.717) is 6.04 Å². The average Bonchev–Trinajstić information content (AvgIpc) is 2.46. The maximum Gasteiger partial charge on any atom is 0.528 e. The Hall–Kier alpha value is -1.32. The normalized spacial score (nSPS) is 23.0. The van der Waals surface area contributed by atoms with Crippen LogP contribution in [0, 0.1) is 17.2 Å². The van der Waals surface area contributed by atoms with E-state index in [1.807, 2.05) is 20.8 Å². The van der Waals surface area contributed by atoms with Gasteiger partial charge in [-0.05, 0) is 59.5 Å². The first kappa shape index (κ1) is 17.0. The lowest BCUT2D eigenvalue weighted by Gasteiger charge is -2.40. The molecule has 0 aliphatic carbocycles. The van der Waals surface area contributed by atoms with Crippen LogP contribution in [-0.4, -0.2) is 53.9 Å². The van der Waals surface area contributed by atoms with Crippen LogP contribution in [0.1, 0.15) is 46.5 Å². The molecule has 0 radical (unpaired) electrons. The van der Waals surface area contributed by atoms with Gasteiger partial charge < -0.3 is 14.5 Å². The molecule has 0 atom stereocenters. The molecule has 0 spiro atoms. The molecule has 0 aromatic heterocycles. The summed E-state index contributed by atoms with van der Waals surface area (Å²) in [7, 11) is 0. The van der Waals surface area contributed by atoms with Crippen LogP contribution in [0.3, 0.4) is 0 Å². The molecule has 6 nitrogen and oxygen atoms in total. The van der Waals surface area contributed by atoms with Crippen molar-refractivity contribution in [1.82, 2.24) is 9.96 Å². The van der Waals surface area contributed by atoms with E-state index in [1.165, 1.54) is 0 Å². The largest absolute Gasteiger partial charge is 0.528 e. The van der Waals surface area contributed by atoms with Gasteiger partial charge in [-0.1, -0.05) is 0 Å². The van der Waals surface area contributed by atoms with Crippen molar-refractivity contribution in [2.75, 3.05) is 26.2 Å². The monoisotopic (exact) mass is 309 g/mol. The van der Waals surface area contributed by atoms with Gasteiger partial charge in [0.25, 0.3) is 0 Å². The lowest BCUT2D eigenvalue weighted by Crippen LogP contribution is -2.48. The number of ether oxygens (including phenoxy) is 1. The van der Waals surface area contributed by atoms with Gasteiger partial charge in [0, 0.05) is 25.0 Å². The molecule has 0 saturated carbocycles. The van der Waals surface area contributed by atoms with Crippen LogP contribution < -0.4 is 0 Å². The summed E-state index contributed by atoms with van der Waals surface area (Å²) >= 11 is 0. The predicted molar refractivity (Wildman–Crippen MR) is 81.8 cm³/mol. The fourth-order valence-electron chi connectivity index (χ4n) is 3.07. The first-order valence-corrected chi connectivity index (χ1v) is 8.17. The number of carbonyl (C=O) groups excluding carboxylic acids is 1. The van der Waals surface area contributed by atoms with Crippen molar-refractivity contribution in [1.29, 1.82) is 5.26 Å². The van der Waals surface area contributed by atoms with Gasteiger partial charge in [0.2, 0.25) is 0 Å². The minimum Gasteiger partial charge on any atom is -0.427 e. The second-order valence-corrected chi connectivity index (χ2v) is 7.16. The van der Waals surface area contributed by atoms with Crippen LogP contribution >= 0.6 is 0 Å². The second-order valence-electron chi connectivity index (χ2n) is 7.16. The molecule has 6 heteroatoms. The Labute approximate surface area is 132 Å². The summed E-state index contributed by atoms with van der Waals surface area (Å²) in [4.78, 5) is 19.4. The molecular formula is C16H27N3O3. The Kier molecular flexibility index (Phi) is 5.65. The van der Waals surface area contributed by atoms with Gasteiger partial charge in [-0.2, -0.15) is 5.26 Å². The van der Waals surface area contributed by atoms with Crippen LogP contribution in [0.25, 0.3) is 0 Å². The smallest absolute Gasteiger partial charge is 0.427 e. The van der Waals surface area contributed by atoms with E-state index in [-0.39, 0.29) is 5.92 Å². The third-order valence-electron chi connectivity index (χ3n) is 4.25. The molecule has 2 heterocycles. The molecule has 2 aliphatic heterocycles. The third-order valence-corrected chi connectivity index (χ3v) is 4.25. The van der Waals surface area contributed by atoms with Gasteiger partial charge in [0.05, 0.1) is 6.07 Å². The molecule has 0 amide bonds. The number of hydroxylamine groups is 2. The molecule has 0 aromatic carbocycles. The fraction of sp³-hybridized carbons (Fsp3) is 0.875. The highest BCUT2D eigenvalue weighted by Gasteiger charge is 2.30. The molecular weight excluding hydrogens is 282 g/mol. The predicted octanol–water partition coefficient (Wildman–Crippen LogP) is 2.55. The van der Waals surface area contributed by atoms with Crippen molar-refractivity contribution in [2.24, 2.45) is 5.92 Å². The number of nitriles is 1. The van der Waals surface area contributed by atoms with Crippen LogP contribution in [0.2, 0.25) is 0 Å². The highest BCUT2D eigenvalue weighted by Crippen LogP contribution is 2.23. The van der Waals surface area contributed by atoms with E-state index in [0.717, 1.165) is 51.9 Å². The van der Waals surface area contributed by atoms with E-state index in [1.54, 1.807) is 5.06 Å². The second kappa shape index (κ2) is 7.30. The maximum absolute atomic E-state index is 11.7. The molecule has 0 N–H and O–H groups in total. The quantitative estimate of drug-likeness (QED) is 0.730. The van der Waals surface area contributed by atoms with Gasteiger partial charge in [0.15, 0.2) is 0 Å². The molecule has 22 heavy (non-hydrogen) atoms. The molecule has 0 unspecified atom stereocenters. The van der Waals surface area contributed by atoms with E-state index < -0.39 is 11.8 Å². The molecule has 0 aromatic rings. The number of carbonyl (C=O) groups is 1. The molecule has 124 valence electrons. The molecule has 0 bridgehead atoms. The summed E-state index contributed by atoms with van der Waals surface area (Å²) in [6.07, 6.45) is 3.30. The SMILES string of the molecule is CC(C)(C)OC(=O)ON1CCC(N2CCC(C#N)CC2)CC1. The lowest BCUT2D eigenvalue weighted by molar-refractivity contribution is -0.157. The van der Waals surface area contributed by atoms with E-state index in [2.05, 4.69) is 11.0 Å². The van der Waals surface area contributed by atoms with Gasteiger partial charge >= 0.3 is 6.16 Å². The zero-order valence-corrected chi connectivity index (χ0v) is 13.9. The number of hydrogen-bond donors (Lipinski definition) is 0. The van der Waals surface area contributed by atoms with E-state index >= 15 is 0 Å². The van der Waals surface area contributed by atoms with Crippen molar-refractivity contribution in [3.05, 3.63) is 0 Å². The van der Waals surface area contributed by atoms with Gasteiger partial charge in [-0.25, -0.2) is 4.79 Å². The molecule has 2 rings (SSSR count). The lowest BCUT2D eigenvalue weighted by atomic mass is 9.95. The number of nitrogens with zero attached hydrogens (tertiary/aromatic N) is 3.